The van der Waals surface area contributed by atoms with Crippen molar-refractivity contribution in [2.45, 2.75) is 45.9 Å². The third-order valence-corrected chi connectivity index (χ3v) is 6.56. The van der Waals surface area contributed by atoms with Crippen molar-refractivity contribution in [2.75, 3.05) is 7.11 Å². The predicted octanol–water partition coefficient (Wildman–Crippen LogP) is 4.93. The summed E-state index contributed by atoms with van der Waals surface area (Å²) in [4.78, 5) is 32.8. The first-order valence-corrected chi connectivity index (χ1v) is 12.4. The topological polar surface area (TPSA) is 80.2 Å². The molecular formula is C27H29N3O4S. The number of carbonyl (C=O) groups excluding carboxylic acids is 2. The minimum atomic E-state index is -0.534. The lowest BCUT2D eigenvalue weighted by molar-refractivity contribution is -0.143. The van der Waals surface area contributed by atoms with Crippen LogP contribution >= 0.6 is 11.8 Å². The molecule has 0 saturated carbocycles. The number of amides is 1. The van der Waals surface area contributed by atoms with Crippen LogP contribution in [-0.4, -0.2) is 35.2 Å². The molecule has 8 heteroatoms. The van der Waals surface area contributed by atoms with E-state index in [2.05, 4.69) is 5.32 Å². The Morgan fingerprint density at radius 3 is 2.54 bits per heavy atom. The molecule has 1 atom stereocenters. The van der Waals surface area contributed by atoms with E-state index in [0.717, 1.165) is 16.8 Å². The zero-order valence-corrected chi connectivity index (χ0v) is 21.1. The molecule has 2 aromatic rings. The summed E-state index contributed by atoms with van der Waals surface area (Å²) in [6.07, 6.45) is -0.131. The molecule has 0 fully saturated rings. The summed E-state index contributed by atoms with van der Waals surface area (Å²) in [6.45, 7) is 5.89. The summed E-state index contributed by atoms with van der Waals surface area (Å²) in [5, 5.41) is 5.62. The number of hydrogen-bond acceptors (Lipinski definition) is 7. The van der Waals surface area contributed by atoms with E-state index in [1.165, 1.54) is 11.8 Å². The van der Waals surface area contributed by atoms with E-state index in [-0.39, 0.29) is 18.4 Å². The molecule has 0 aromatic heterocycles. The molecule has 2 aromatic carbocycles. The van der Waals surface area contributed by atoms with E-state index in [4.69, 9.17) is 14.5 Å². The van der Waals surface area contributed by atoms with Gasteiger partial charge in [0.1, 0.15) is 5.75 Å². The van der Waals surface area contributed by atoms with Crippen molar-refractivity contribution >= 4 is 28.8 Å². The second kappa shape index (κ2) is 10.8. The van der Waals surface area contributed by atoms with Gasteiger partial charge in [-0.05, 0) is 37.8 Å². The third-order valence-electron chi connectivity index (χ3n) is 5.67. The van der Waals surface area contributed by atoms with Crippen LogP contribution in [0.5, 0.6) is 5.75 Å². The van der Waals surface area contributed by atoms with E-state index >= 15 is 0 Å². The highest BCUT2D eigenvalue weighted by Gasteiger charge is 2.42. The number of nitrogens with one attached hydrogen (secondary N) is 1. The van der Waals surface area contributed by atoms with Crippen LogP contribution in [0.1, 0.15) is 44.4 Å². The summed E-state index contributed by atoms with van der Waals surface area (Å²) in [5.41, 5.74) is 3.62. The number of aliphatic imine (C=N–C) groups is 1. The van der Waals surface area contributed by atoms with Gasteiger partial charge in [0, 0.05) is 17.8 Å². The molecule has 35 heavy (non-hydrogen) atoms. The number of hydrogen-bond donors (Lipinski definition) is 1. The number of benzene rings is 2. The van der Waals surface area contributed by atoms with E-state index in [9.17, 15) is 9.59 Å². The zero-order chi connectivity index (χ0) is 24.9. The maximum atomic E-state index is 13.3. The molecule has 0 spiro atoms. The SMILES string of the molecule is COc1ccccc1[C@H]1C(C(=O)OC(C)C)=C(C)N=C2SC=C(CC(=O)NCc3ccccc3)N21. The molecule has 7 nitrogen and oxygen atoms in total. The third kappa shape index (κ3) is 5.43. The molecule has 0 aliphatic carbocycles. The first kappa shape index (κ1) is 24.6. The van der Waals surface area contributed by atoms with Gasteiger partial charge in [-0.3, -0.25) is 4.79 Å². The largest absolute Gasteiger partial charge is 0.496 e. The van der Waals surface area contributed by atoms with Gasteiger partial charge in [-0.1, -0.05) is 60.3 Å². The second-order valence-electron chi connectivity index (χ2n) is 8.53. The summed E-state index contributed by atoms with van der Waals surface area (Å²) in [7, 11) is 1.60. The smallest absolute Gasteiger partial charge is 0.338 e. The molecule has 0 unspecified atom stereocenters. The van der Waals surface area contributed by atoms with Gasteiger partial charge >= 0.3 is 5.97 Å². The van der Waals surface area contributed by atoms with Gasteiger partial charge in [0.15, 0.2) is 5.17 Å². The van der Waals surface area contributed by atoms with Gasteiger partial charge in [-0.25, -0.2) is 9.79 Å². The number of ether oxygens (including phenoxy) is 2. The number of carbonyl (C=O) groups is 2. The Bertz CT molecular complexity index is 1200. The minimum Gasteiger partial charge on any atom is -0.496 e. The molecule has 182 valence electrons. The van der Waals surface area contributed by atoms with E-state index in [1.807, 2.05) is 85.7 Å². The summed E-state index contributed by atoms with van der Waals surface area (Å²) in [5.74, 6) is 0.102. The van der Waals surface area contributed by atoms with Gasteiger partial charge in [-0.15, -0.1) is 0 Å². The zero-order valence-electron chi connectivity index (χ0n) is 20.3. The van der Waals surface area contributed by atoms with Crippen molar-refractivity contribution in [3.63, 3.8) is 0 Å². The normalized spacial score (nSPS) is 17.1. The monoisotopic (exact) mass is 491 g/mol. The Morgan fingerprint density at radius 2 is 1.83 bits per heavy atom. The molecule has 2 heterocycles. The number of esters is 1. The predicted molar refractivity (Wildman–Crippen MR) is 138 cm³/mol. The lowest BCUT2D eigenvalue weighted by atomic mass is 9.93. The van der Waals surface area contributed by atoms with Crippen molar-refractivity contribution in [1.29, 1.82) is 0 Å². The van der Waals surface area contributed by atoms with Gasteiger partial charge < -0.3 is 19.7 Å². The van der Waals surface area contributed by atoms with Crippen molar-refractivity contribution in [1.82, 2.24) is 10.2 Å². The quantitative estimate of drug-likeness (QED) is 0.528. The Balaban J connectivity index is 1.65. The Morgan fingerprint density at radius 1 is 1.11 bits per heavy atom. The average Bonchev–Trinajstić information content (AvgIpc) is 3.23. The van der Waals surface area contributed by atoms with Crippen LogP contribution in [0.2, 0.25) is 0 Å². The number of rotatable bonds is 8. The van der Waals surface area contributed by atoms with E-state index in [1.54, 1.807) is 7.11 Å². The van der Waals surface area contributed by atoms with Gasteiger partial charge in [0.25, 0.3) is 0 Å². The highest BCUT2D eigenvalue weighted by molar-refractivity contribution is 8.16. The summed E-state index contributed by atoms with van der Waals surface area (Å²) in [6, 6.07) is 16.8. The lowest BCUT2D eigenvalue weighted by Crippen LogP contribution is -2.38. The van der Waals surface area contributed by atoms with Crippen LogP contribution in [0, 0.1) is 0 Å². The number of methoxy groups -OCH3 is 1. The molecule has 1 amide bonds. The number of fused-ring (bicyclic) bond motifs is 1. The van der Waals surface area contributed by atoms with Crippen molar-refractivity contribution in [3.8, 4) is 5.75 Å². The number of thioether (sulfide) groups is 1. The first-order valence-electron chi connectivity index (χ1n) is 11.5. The Labute approximate surface area is 209 Å². The molecule has 0 radical (unpaired) electrons. The van der Waals surface area contributed by atoms with E-state index < -0.39 is 12.0 Å². The van der Waals surface area contributed by atoms with Crippen molar-refractivity contribution in [3.05, 3.63) is 88.1 Å². The summed E-state index contributed by atoms with van der Waals surface area (Å²) >= 11 is 1.44. The van der Waals surface area contributed by atoms with Crippen LogP contribution in [-0.2, 0) is 20.9 Å². The molecular weight excluding hydrogens is 462 g/mol. The highest BCUT2D eigenvalue weighted by Crippen LogP contribution is 2.46. The Hall–Kier alpha value is -3.52. The van der Waals surface area contributed by atoms with Crippen molar-refractivity contribution < 1.29 is 19.1 Å². The number of para-hydroxylation sites is 1. The number of allylic oxidation sites excluding steroid dienone is 1. The van der Waals surface area contributed by atoms with Gasteiger partial charge in [-0.2, -0.15) is 0 Å². The van der Waals surface area contributed by atoms with E-state index in [0.29, 0.717) is 28.7 Å². The summed E-state index contributed by atoms with van der Waals surface area (Å²) < 4.78 is 11.2. The van der Waals surface area contributed by atoms with Crippen LogP contribution in [0.3, 0.4) is 0 Å². The fraction of sp³-hybridized carbons (Fsp3) is 0.296. The lowest BCUT2D eigenvalue weighted by Gasteiger charge is -2.37. The minimum absolute atomic E-state index is 0.113. The number of nitrogens with zero attached hydrogens (tertiary/aromatic N) is 2. The maximum absolute atomic E-state index is 13.3. The first-order chi connectivity index (χ1) is 16.9. The maximum Gasteiger partial charge on any atom is 0.338 e. The Kier molecular flexibility index (Phi) is 7.60. The standard InChI is InChI=1S/C27H29N3O4S/c1-17(2)34-26(32)24-18(3)29-27-30(25(24)21-12-8-9-13-22(21)33-4)20(16-35-27)14-23(31)28-15-19-10-6-5-7-11-19/h5-13,16-17,25H,14-15H2,1-4H3,(H,28,31)/t25-/m0/s1. The molecule has 0 saturated heterocycles. The van der Waals surface area contributed by atoms with Gasteiger partial charge in [0.2, 0.25) is 5.91 Å². The van der Waals surface area contributed by atoms with Crippen LogP contribution in [0.15, 0.2) is 82.0 Å². The average molecular weight is 492 g/mol. The molecule has 2 aliphatic rings. The molecule has 0 bridgehead atoms. The fourth-order valence-electron chi connectivity index (χ4n) is 4.12. The molecule has 2 aliphatic heterocycles. The molecule has 4 rings (SSSR count). The highest BCUT2D eigenvalue weighted by atomic mass is 32.2. The second-order valence-corrected chi connectivity index (χ2v) is 9.36. The van der Waals surface area contributed by atoms with Crippen LogP contribution < -0.4 is 10.1 Å². The van der Waals surface area contributed by atoms with Crippen molar-refractivity contribution in [2.24, 2.45) is 4.99 Å². The number of amidine groups is 1. The molecule has 1 N–H and O–H groups in total. The van der Waals surface area contributed by atoms with Crippen LogP contribution in [0.4, 0.5) is 0 Å². The van der Waals surface area contributed by atoms with Gasteiger partial charge in [0.05, 0.1) is 36.9 Å². The fourth-order valence-corrected chi connectivity index (χ4v) is 5.08. The van der Waals surface area contributed by atoms with Crippen LogP contribution in [0.25, 0.3) is 0 Å².